The van der Waals surface area contributed by atoms with Gasteiger partial charge < -0.3 is 10.1 Å². The first-order valence-electron chi connectivity index (χ1n) is 5.80. The van der Waals surface area contributed by atoms with Gasteiger partial charge in [0.05, 0.1) is 6.61 Å². The number of fused-ring (bicyclic) bond motifs is 1. The van der Waals surface area contributed by atoms with Crippen molar-refractivity contribution in [3.63, 3.8) is 0 Å². The molecule has 0 bridgehead atoms. The molecule has 0 aliphatic carbocycles. The monoisotopic (exact) mass is 227 g/mol. The van der Waals surface area contributed by atoms with Crippen LogP contribution in [0.2, 0.25) is 0 Å². The maximum absolute atomic E-state index is 5.71. The summed E-state index contributed by atoms with van der Waals surface area (Å²) >= 11 is 1.82. The molecule has 0 fully saturated rings. The van der Waals surface area contributed by atoms with Gasteiger partial charge >= 0.3 is 0 Å². The van der Waals surface area contributed by atoms with E-state index in [-0.39, 0.29) is 0 Å². The number of hydrogen-bond donors (Lipinski definition) is 1. The van der Waals surface area contributed by atoms with Gasteiger partial charge in [-0.25, -0.2) is 0 Å². The summed E-state index contributed by atoms with van der Waals surface area (Å²) in [7, 11) is 0. The van der Waals surface area contributed by atoms with Crippen molar-refractivity contribution in [1.82, 2.24) is 5.32 Å². The summed E-state index contributed by atoms with van der Waals surface area (Å²) < 4.78 is 5.71. The van der Waals surface area contributed by atoms with Gasteiger partial charge in [-0.1, -0.05) is 20.8 Å². The zero-order valence-corrected chi connectivity index (χ0v) is 10.7. The summed E-state index contributed by atoms with van der Waals surface area (Å²) in [5, 5.41) is 5.50. The maximum atomic E-state index is 5.71. The highest BCUT2D eigenvalue weighted by Crippen LogP contribution is 2.30. The van der Waals surface area contributed by atoms with Crippen molar-refractivity contribution in [1.29, 1.82) is 0 Å². The Bertz CT molecular complexity index is 272. The van der Waals surface area contributed by atoms with E-state index in [9.17, 15) is 0 Å². The molecule has 0 radical (unpaired) electrons. The van der Waals surface area contributed by atoms with E-state index in [2.05, 4.69) is 23.7 Å². The van der Waals surface area contributed by atoms with Crippen LogP contribution in [0.1, 0.15) is 37.3 Å². The Labute approximate surface area is 96.7 Å². The minimum atomic E-state index is 0.295. The van der Waals surface area contributed by atoms with Crippen molar-refractivity contribution in [3.8, 4) is 0 Å². The van der Waals surface area contributed by atoms with Gasteiger partial charge in [-0.05, 0) is 30.0 Å². The Balaban J connectivity index is 0.000000531. The van der Waals surface area contributed by atoms with E-state index in [0.29, 0.717) is 6.10 Å². The van der Waals surface area contributed by atoms with Crippen LogP contribution in [0.5, 0.6) is 0 Å². The van der Waals surface area contributed by atoms with E-state index in [1.165, 1.54) is 10.4 Å². The molecule has 2 nitrogen and oxygen atoms in total. The average Bonchev–Trinajstić information content (AvgIpc) is 2.77. The van der Waals surface area contributed by atoms with Gasteiger partial charge in [0.25, 0.3) is 0 Å². The highest BCUT2D eigenvalue weighted by atomic mass is 32.1. The molecule has 0 saturated carbocycles. The van der Waals surface area contributed by atoms with E-state index in [4.69, 9.17) is 4.74 Å². The molecular weight excluding hydrogens is 206 g/mol. The van der Waals surface area contributed by atoms with Crippen molar-refractivity contribution in [2.24, 2.45) is 0 Å². The van der Waals surface area contributed by atoms with Gasteiger partial charge in [0.15, 0.2) is 0 Å². The molecule has 2 rings (SSSR count). The van der Waals surface area contributed by atoms with E-state index in [1.807, 2.05) is 25.2 Å². The normalized spacial score (nSPS) is 19.0. The molecule has 1 N–H and O–H groups in total. The molecule has 1 atom stereocenters. The van der Waals surface area contributed by atoms with Gasteiger partial charge in [-0.2, -0.15) is 0 Å². The number of thiophene rings is 1. The lowest BCUT2D eigenvalue weighted by molar-refractivity contribution is 0.0459. The smallest absolute Gasteiger partial charge is 0.104 e. The Morgan fingerprint density at radius 2 is 2.33 bits per heavy atom. The molecule has 1 aliphatic rings. The van der Waals surface area contributed by atoms with Crippen molar-refractivity contribution >= 4 is 11.3 Å². The Morgan fingerprint density at radius 1 is 1.53 bits per heavy atom. The van der Waals surface area contributed by atoms with Crippen molar-refractivity contribution in [3.05, 3.63) is 21.9 Å². The molecule has 0 spiro atoms. The molecule has 2 heterocycles. The van der Waals surface area contributed by atoms with Crippen LogP contribution in [0, 0.1) is 0 Å². The third-order valence-corrected chi connectivity index (χ3v) is 3.39. The number of hydrogen-bond acceptors (Lipinski definition) is 3. The summed E-state index contributed by atoms with van der Waals surface area (Å²) in [5.74, 6) is 0. The van der Waals surface area contributed by atoms with E-state index in [0.717, 1.165) is 26.1 Å². The molecule has 15 heavy (non-hydrogen) atoms. The molecular formula is C12H21NOS. The SMILES string of the molecule is CC.CCNCC1OCCc2ccsc21. The van der Waals surface area contributed by atoms with E-state index in [1.54, 1.807) is 0 Å². The zero-order chi connectivity index (χ0) is 11.1. The van der Waals surface area contributed by atoms with Gasteiger partial charge in [0, 0.05) is 11.4 Å². The van der Waals surface area contributed by atoms with Crippen LogP contribution in [0.3, 0.4) is 0 Å². The maximum Gasteiger partial charge on any atom is 0.104 e. The summed E-state index contributed by atoms with van der Waals surface area (Å²) in [6.45, 7) is 8.96. The molecule has 3 heteroatoms. The number of ether oxygens (including phenoxy) is 1. The van der Waals surface area contributed by atoms with E-state index < -0.39 is 0 Å². The first-order valence-corrected chi connectivity index (χ1v) is 6.68. The zero-order valence-electron chi connectivity index (χ0n) is 9.88. The molecule has 1 aromatic rings. The summed E-state index contributed by atoms with van der Waals surface area (Å²) in [5.41, 5.74) is 1.49. The lowest BCUT2D eigenvalue weighted by Gasteiger charge is -2.23. The van der Waals surface area contributed by atoms with Crippen LogP contribution in [0.15, 0.2) is 11.4 Å². The van der Waals surface area contributed by atoms with Crippen molar-refractivity contribution < 1.29 is 4.74 Å². The van der Waals surface area contributed by atoms with Gasteiger partial charge in [-0.15, -0.1) is 11.3 Å². The van der Waals surface area contributed by atoms with Gasteiger partial charge in [0.2, 0.25) is 0 Å². The minimum Gasteiger partial charge on any atom is -0.371 e. The fourth-order valence-corrected chi connectivity index (χ4v) is 2.65. The first kappa shape index (κ1) is 12.7. The number of nitrogens with one attached hydrogen (secondary N) is 1. The second-order valence-electron chi connectivity index (χ2n) is 3.23. The molecule has 1 unspecified atom stereocenters. The van der Waals surface area contributed by atoms with Crippen LogP contribution < -0.4 is 5.32 Å². The molecule has 0 saturated heterocycles. The second kappa shape index (κ2) is 6.99. The number of likely N-dealkylation sites (N-methyl/N-ethyl adjacent to an activating group) is 1. The third kappa shape index (κ3) is 3.30. The highest BCUT2D eigenvalue weighted by Gasteiger charge is 2.21. The fraction of sp³-hybridized carbons (Fsp3) is 0.667. The third-order valence-electron chi connectivity index (χ3n) is 2.34. The topological polar surface area (TPSA) is 21.3 Å². The van der Waals surface area contributed by atoms with Crippen LogP contribution in [0.25, 0.3) is 0 Å². The number of rotatable bonds is 3. The van der Waals surface area contributed by atoms with Gasteiger partial charge in [0.1, 0.15) is 6.10 Å². The van der Waals surface area contributed by atoms with Crippen LogP contribution in [-0.4, -0.2) is 19.7 Å². The summed E-state index contributed by atoms with van der Waals surface area (Å²) in [6, 6.07) is 2.22. The Kier molecular flexibility index (Phi) is 5.91. The summed E-state index contributed by atoms with van der Waals surface area (Å²) in [6.07, 6.45) is 1.38. The van der Waals surface area contributed by atoms with Gasteiger partial charge in [-0.3, -0.25) is 0 Å². The van der Waals surface area contributed by atoms with Crippen LogP contribution in [-0.2, 0) is 11.2 Å². The lowest BCUT2D eigenvalue weighted by Crippen LogP contribution is -2.26. The fourth-order valence-electron chi connectivity index (χ4n) is 1.65. The minimum absolute atomic E-state index is 0.295. The average molecular weight is 227 g/mol. The quantitative estimate of drug-likeness (QED) is 0.857. The molecule has 1 aliphatic heterocycles. The highest BCUT2D eigenvalue weighted by molar-refractivity contribution is 7.10. The van der Waals surface area contributed by atoms with Crippen LogP contribution in [0.4, 0.5) is 0 Å². The van der Waals surface area contributed by atoms with Crippen molar-refractivity contribution in [2.45, 2.75) is 33.3 Å². The largest absolute Gasteiger partial charge is 0.371 e. The predicted molar refractivity (Wildman–Crippen MR) is 66.6 cm³/mol. The predicted octanol–water partition coefficient (Wildman–Crippen LogP) is 3.00. The Hall–Kier alpha value is -0.380. The molecule has 0 aromatic carbocycles. The molecule has 0 amide bonds. The standard InChI is InChI=1S/C10H15NOS.C2H6/c1-2-11-7-9-10-8(3-5-12-9)4-6-13-10;1-2/h4,6,9,11H,2-3,5,7H2,1H3;1-2H3. The Morgan fingerprint density at radius 3 is 3.07 bits per heavy atom. The lowest BCUT2D eigenvalue weighted by atomic mass is 10.1. The van der Waals surface area contributed by atoms with Crippen LogP contribution >= 0.6 is 11.3 Å². The van der Waals surface area contributed by atoms with Crippen molar-refractivity contribution in [2.75, 3.05) is 19.7 Å². The first-order chi connectivity index (χ1) is 7.42. The summed E-state index contributed by atoms with van der Waals surface area (Å²) in [4.78, 5) is 1.42. The molecule has 86 valence electrons. The van der Waals surface area contributed by atoms with E-state index >= 15 is 0 Å². The second-order valence-corrected chi connectivity index (χ2v) is 4.17. The molecule has 1 aromatic heterocycles.